The van der Waals surface area contributed by atoms with E-state index in [-0.39, 0.29) is 25.9 Å². The molecule has 0 amide bonds. The SMILES string of the molecule is COC(=O)C(C)(C)NS(=O)(=O)N1CCC(C(=O)O)CC1. The van der Waals surface area contributed by atoms with Gasteiger partial charge in [-0.2, -0.15) is 17.4 Å². The van der Waals surface area contributed by atoms with Gasteiger partial charge in [-0.3, -0.25) is 9.59 Å². The molecule has 9 heteroatoms. The molecule has 1 aliphatic heterocycles. The van der Waals surface area contributed by atoms with Crippen LogP contribution in [0.1, 0.15) is 26.7 Å². The molecule has 0 unspecified atom stereocenters. The van der Waals surface area contributed by atoms with Gasteiger partial charge in [0.25, 0.3) is 10.2 Å². The molecule has 0 bridgehead atoms. The van der Waals surface area contributed by atoms with E-state index in [1.165, 1.54) is 21.0 Å². The molecule has 1 heterocycles. The number of nitrogens with zero attached hydrogens (tertiary/aromatic N) is 1. The fourth-order valence-electron chi connectivity index (χ4n) is 2.03. The van der Waals surface area contributed by atoms with E-state index in [1.54, 1.807) is 0 Å². The number of rotatable bonds is 5. The zero-order valence-corrected chi connectivity index (χ0v) is 12.6. The number of carbonyl (C=O) groups excluding carboxylic acids is 1. The van der Waals surface area contributed by atoms with Crippen LogP contribution in [0.15, 0.2) is 0 Å². The molecule has 0 atom stereocenters. The summed E-state index contributed by atoms with van der Waals surface area (Å²) in [6.07, 6.45) is 0.518. The van der Waals surface area contributed by atoms with Crippen molar-refractivity contribution in [1.82, 2.24) is 9.03 Å². The zero-order chi connectivity index (χ0) is 15.6. The smallest absolute Gasteiger partial charge is 0.326 e. The third kappa shape index (κ3) is 3.90. The summed E-state index contributed by atoms with van der Waals surface area (Å²) in [4.78, 5) is 22.3. The van der Waals surface area contributed by atoms with E-state index in [9.17, 15) is 18.0 Å². The molecule has 0 saturated carbocycles. The van der Waals surface area contributed by atoms with Crippen molar-refractivity contribution in [2.45, 2.75) is 32.2 Å². The van der Waals surface area contributed by atoms with Crippen LogP contribution in [0.3, 0.4) is 0 Å². The maximum atomic E-state index is 12.2. The number of ether oxygens (including phenoxy) is 1. The Morgan fingerprint density at radius 3 is 2.20 bits per heavy atom. The largest absolute Gasteiger partial charge is 0.481 e. The summed E-state index contributed by atoms with van der Waals surface area (Å²) in [6.45, 7) is 3.04. The van der Waals surface area contributed by atoms with Crippen LogP contribution < -0.4 is 4.72 Å². The lowest BCUT2D eigenvalue weighted by Gasteiger charge is -2.32. The molecule has 1 saturated heterocycles. The van der Waals surface area contributed by atoms with Crippen molar-refractivity contribution in [3.8, 4) is 0 Å². The average molecular weight is 308 g/mol. The van der Waals surface area contributed by atoms with Gasteiger partial charge < -0.3 is 9.84 Å². The van der Waals surface area contributed by atoms with E-state index in [2.05, 4.69) is 9.46 Å². The average Bonchev–Trinajstić information content (AvgIpc) is 2.36. The number of hydrogen-bond donors (Lipinski definition) is 2. The van der Waals surface area contributed by atoms with Crippen molar-refractivity contribution in [2.24, 2.45) is 5.92 Å². The Hall–Kier alpha value is -1.19. The highest BCUT2D eigenvalue weighted by Crippen LogP contribution is 2.20. The number of carboxylic acids is 1. The molecule has 1 fully saturated rings. The summed E-state index contributed by atoms with van der Waals surface area (Å²) in [7, 11) is -2.68. The number of hydrogen-bond acceptors (Lipinski definition) is 5. The minimum atomic E-state index is -3.86. The Balaban J connectivity index is 2.72. The molecule has 0 aromatic carbocycles. The number of aliphatic carboxylic acids is 1. The Bertz CT molecular complexity index is 479. The molecular weight excluding hydrogens is 288 g/mol. The van der Waals surface area contributed by atoms with E-state index in [4.69, 9.17) is 5.11 Å². The molecule has 1 rings (SSSR count). The Morgan fingerprint density at radius 1 is 1.30 bits per heavy atom. The normalized spacial score (nSPS) is 18.8. The first-order valence-electron chi connectivity index (χ1n) is 6.20. The maximum Gasteiger partial charge on any atom is 0.326 e. The number of esters is 1. The highest BCUT2D eigenvalue weighted by Gasteiger charge is 2.38. The van der Waals surface area contributed by atoms with Crippen LogP contribution in [-0.2, 0) is 24.5 Å². The van der Waals surface area contributed by atoms with Gasteiger partial charge >= 0.3 is 11.9 Å². The lowest BCUT2D eigenvalue weighted by atomic mass is 9.99. The highest BCUT2D eigenvalue weighted by molar-refractivity contribution is 7.87. The van der Waals surface area contributed by atoms with Gasteiger partial charge in [-0.25, -0.2) is 0 Å². The molecule has 0 aliphatic carbocycles. The van der Waals surface area contributed by atoms with Crippen LogP contribution >= 0.6 is 0 Å². The number of methoxy groups -OCH3 is 1. The highest BCUT2D eigenvalue weighted by atomic mass is 32.2. The van der Waals surface area contributed by atoms with Gasteiger partial charge in [-0.1, -0.05) is 0 Å². The second-order valence-corrected chi connectivity index (χ2v) is 6.91. The summed E-state index contributed by atoms with van der Waals surface area (Å²) in [5.41, 5.74) is -1.38. The van der Waals surface area contributed by atoms with Crippen LogP contribution in [0.4, 0.5) is 0 Å². The van der Waals surface area contributed by atoms with Gasteiger partial charge in [0.05, 0.1) is 13.0 Å². The first-order valence-corrected chi connectivity index (χ1v) is 7.64. The van der Waals surface area contributed by atoms with E-state index < -0.39 is 33.6 Å². The summed E-state index contributed by atoms with van der Waals surface area (Å²) < 4.78 is 32.3. The molecular formula is C11H20N2O6S. The number of piperidine rings is 1. The molecule has 0 aromatic heterocycles. The van der Waals surface area contributed by atoms with Gasteiger partial charge in [0.1, 0.15) is 5.54 Å². The van der Waals surface area contributed by atoms with Gasteiger partial charge in [0.15, 0.2) is 0 Å². The van der Waals surface area contributed by atoms with Crippen molar-refractivity contribution < 1.29 is 27.9 Å². The molecule has 20 heavy (non-hydrogen) atoms. The third-order valence-corrected chi connectivity index (χ3v) is 5.04. The minimum absolute atomic E-state index is 0.115. The second-order valence-electron chi connectivity index (χ2n) is 5.24. The van der Waals surface area contributed by atoms with Crippen LogP contribution in [0.25, 0.3) is 0 Å². The maximum absolute atomic E-state index is 12.2. The molecule has 0 spiro atoms. The Labute approximate surface area is 118 Å². The van der Waals surface area contributed by atoms with Crippen molar-refractivity contribution >= 4 is 22.1 Å². The van der Waals surface area contributed by atoms with Crippen molar-refractivity contribution in [1.29, 1.82) is 0 Å². The molecule has 8 nitrogen and oxygen atoms in total. The van der Waals surface area contributed by atoms with Gasteiger partial charge in [-0.05, 0) is 26.7 Å². The van der Waals surface area contributed by atoms with E-state index >= 15 is 0 Å². The van der Waals surface area contributed by atoms with Crippen LogP contribution in [0.5, 0.6) is 0 Å². The lowest BCUT2D eigenvalue weighted by molar-refractivity contribution is -0.146. The quantitative estimate of drug-likeness (QED) is 0.666. The lowest BCUT2D eigenvalue weighted by Crippen LogP contribution is -2.56. The van der Waals surface area contributed by atoms with Crippen LogP contribution in [-0.4, -0.2) is 55.5 Å². The minimum Gasteiger partial charge on any atom is -0.481 e. The first-order chi connectivity index (χ1) is 9.10. The summed E-state index contributed by atoms with van der Waals surface area (Å²) in [6, 6.07) is 0. The zero-order valence-electron chi connectivity index (χ0n) is 11.7. The molecule has 0 aromatic rings. The Kier molecular flexibility index (Phi) is 5.11. The molecule has 0 radical (unpaired) electrons. The Morgan fingerprint density at radius 2 is 1.80 bits per heavy atom. The fourth-order valence-corrected chi connectivity index (χ4v) is 3.58. The number of nitrogens with one attached hydrogen (secondary N) is 1. The predicted octanol–water partition coefficient (Wildman–Crippen LogP) is -0.431. The van der Waals surface area contributed by atoms with E-state index in [0.717, 1.165) is 4.31 Å². The monoisotopic (exact) mass is 308 g/mol. The standard InChI is InChI=1S/C11H20N2O6S/c1-11(2,10(16)19-3)12-20(17,18)13-6-4-8(5-7-13)9(14)15/h8,12H,4-7H2,1-3H3,(H,14,15). The van der Waals surface area contributed by atoms with E-state index in [0.29, 0.717) is 0 Å². The van der Waals surface area contributed by atoms with Gasteiger partial charge in [-0.15, -0.1) is 0 Å². The summed E-state index contributed by atoms with van der Waals surface area (Å²) in [5.74, 6) is -2.12. The van der Waals surface area contributed by atoms with Crippen molar-refractivity contribution in [3.63, 3.8) is 0 Å². The molecule has 1 aliphatic rings. The first kappa shape index (κ1) is 16.9. The van der Waals surface area contributed by atoms with Crippen molar-refractivity contribution in [3.05, 3.63) is 0 Å². The van der Waals surface area contributed by atoms with Gasteiger partial charge in [0, 0.05) is 13.1 Å². The summed E-state index contributed by atoms with van der Waals surface area (Å²) >= 11 is 0. The summed E-state index contributed by atoms with van der Waals surface area (Å²) in [5, 5.41) is 8.87. The number of carboxylic acid groups (broad SMARTS) is 1. The molecule has 116 valence electrons. The van der Waals surface area contributed by atoms with Crippen LogP contribution in [0, 0.1) is 5.92 Å². The van der Waals surface area contributed by atoms with E-state index in [1.807, 2.05) is 0 Å². The fraction of sp³-hybridized carbons (Fsp3) is 0.818. The predicted molar refractivity (Wildman–Crippen MR) is 70.1 cm³/mol. The third-order valence-electron chi connectivity index (χ3n) is 3.22. The second kappa shape index (κ2) is 6.06. The number of carbonyl (C=O) groups is 2. The topological polar surface area (TPSA) is 113 Å². The molecule has 2 N–H and O–H groups in total. The van der Waals surface area contributed by atoms with Gasteiger partial charge in [0.2, 0.25) is 0 Å². The van der Waals surface area contributed by atoms with Crippen LogP contribution in [0.2, 0.25) is 0 Å². The van der Waals surface area contributed by atoms with Crippen molar-refractivity contribution in [2.75, 3.05) is 20.2 Å².